The summed E-state index contributed by atoms with van der Waals surface area (Å²) in [6.07, 6.45) is 1.28. The largest absolute Gasteiger partial charge is 0.507 e. The van der Waals surface area contributed by atoms with Crippen LogP contribution < -0.4 is 5.32 Å². The number of benzene rings is 1. The molecule has 0 saturated carbocycles. The molecule has 7 heteroatoms. The van der Waals surface area contributed by atoms with Gasteiger partial charge < -0.3 is 15.2 Å². The molecule has 6 nitrogen and oxygen atoms in total. The van der Waals surface area contributed by atoms with Gasteiger partial charge in [-0.15, -0.1) is 0 Å². The number of aromatic hydroxyl groups is 1. The van der Waals surface area contributed by atoms with E-state index in [0.29, 0.717) is 21.7 Å². The van der Waals surface area contributed by atoms with Crippen molar-refractivity contribution in [2.75, 3.05) is 7.11 Å². The minimum atomic E-state index is -0.383. The van der Waals surface area contributed by atoms with Crippen LogP contribution in [0.5, 0.6) is 5.75 Å². The van der Waals surface area contributed by atoms with E-state index in [1.54, 1.807) is 31.2 Å². The number of nitrogens with zero attached hydrogens (tertiary/aromatic N) is 1. The van der Waals surface area contributed by atoms with Gasteiger partial charge in [-0.25, -0.2) is 0 Å². The quantitative estimate of drug-likeness (QED) is 0.708. The highest BCUT2D eigenvalue weighted by Gasteiger charge is 2.19. The van der Waals surface area contributed by atoms with Crippen LogP contribution in [0.3, 0.4) is 0 Å². The number of carbonyl (C=O) groups is 2. The number of rotatable bonds is 7. The fourth-order valence-corrected chi connectivity index (χ4v) is 3.12. The molecule has 1 heterocycles. The molecule has 29 heavy (non-hydrogen) atoms. The van der Waals surface area contributed by atoms with E-state index in [1.807, 2.05) is 20.8 Å². The molecule has 0 spiro atoms. The maximum absolute atomic E-state index is 12.6. The molecular weight excluding hydrogens is 392 g/mol. The van der Waals surface area contributed by atoms with Gasteiger partial charge in [0.15, 0.2) is 0 Å². The molecule has 0 aliphatic rings. The first-order valence-corrected chi connectivity index (χ1v) is 9.71. The van der Waals surface area contributed by atoms with Crippen LogP contribution in [0.2, 0.25) is 5.02 Å². The summed E-state index contributed by atoms with van der Waals surface area (Å²) < 4.78 is 5.25. The van der Waals surface area contributed by atoms with Gasteiger partial charge in [-0.3, -0.25) is 14.6 Å². The average molecular weight is 419 g/mol. The van der Waals surface area contributed by atoms with Crippen molar-refractivity contribution in [3.63, 3.8) is 0 Å². The number of phenolic OH excluding ortho intramolecular Hbond substituents is 1. The maximum atomic E-state index is 12.6. The van der Waals surface area contributed by atoms with Crippen molar-refractivity contribution in [1.29, 1.82) is 0 Å². The summed E-state index contributed by atoms with van der Waals surface area (Å²) in [7, 11) is 1.53. The van der Waals surface area contributed by atoms with Gasteiger partial charge in [0, 0.05) is 47.8 Å². The molecule has 1 aromatic carbocycles. The van der Waals surface area contributed by atoms with Gasteiger partial charge in [0.2, 0.25) is 0 Å². The SMILES string of the molecule is COC(C)c1cc(Cl)cc(CC(=O)Cc2ccnc(C(=O)NC(C)(C)C)c2)c1O. The molecule has 2 N–H and O–H groups in total. The number of amides is 1. The lowest BCUT2D eigenvalue weighted by atomic mass is 9.98. The second kappa shape index (κ2) is 9.37. The van der Waals surface area contributed by atoms with Crippen molar-refractivity contribution in [2.24, 2.45) is 0 Å². The summed E-state index contributed by atoms with van der Waals surface area (Å²) in [6.45, 7) is 7.44. The number of Topliss-reactive ketones (excluding diaryl/α,β-unsaturated/α-hetero) is 1. The molecule has 0 saturated heterocycles. The fraction of sp³-hybridized carbons (Fsp3) is 0.409. The van der Waals surface area contributed by atoms with Gasteiger partial charge in [-0.2, -0.15) is 0 Å². The first-order chi connectivity index (χ1) is 13.5. The number of ketones is 1. The maximum Gasteiger partial charge on any atom is 0.270 e. The Kier molecular flexibility index (Phi) is 7.38. The molecule has 0 aliphatic heterocycles. The van der Waals surface area contributed by atoms with E-state index in [-0.39, 0.29) is 47.6 Å². The van der Waals surface area contributed by atoms with E-state index in [4.69, 9.17) is 16.3 Å². The third-order valence-electron chi connectivity index (χ3n) is 4.31. The zero-order chi connectivity index (χ0) is 21.8. The predicted molar refractivity (Wildman–Crippen MR) is 112 cm³/mol. The normalized spacial score (nSPS) is 12.5. The van der Waals surface area contributed by atoms with Crippen molar-refractivity contribution >= 4 is 23.3 Å². The molecule has 1 atom stereocenters. The van der Waals surface area contributed by atoms with Gasteiger partial charge >= 0.3 is 0 Å². The first-order valence-electron chi connectivity index (χ1n) is 9.33. The van der Waals surface area contributed by atoms with E-state index < -0.39 is 0 Å². The van der Waals surface area contributed by atoms with Crippen LogP contribution in [0.1, 0.15) is 61.0 Å². The van der Waals surface area contributed by atoms with E-state index in [0.717, 1.165) is 0 Å². The van der Waals surface area contributed by atoms with Crippen LogP contribution in [-0.4, -0.2) is 34.4 Å². The first kappa shape index (κ1) is 22.8. The highest BCUT2D eigenvalue weighted by atomic mass is 35.5. The Morgan fingerprint density at radius 1 is 1.24 bits per heavy atom. The third-order valence-corrected chi connectivity index (χ3v) is 4.53. The number of carbonyl (C=O) groups excluding carboxylic acids is 2. The topological polar surface area (TPSA) is 88.5 Å². The summed E-state index contributed by atoms with van der Waals surface area (Å²) in [5.74, 6) is -0.401. The third kappa shape index (κ3) is 6.54. The highest BCUT2D eigenvalue weighted by Crippen LogP contribution is 2.33. The number of nitrogens with one attached hydrogen (secondary N) is 1. The van der Waals surface area contributed by atoms with Crippen LogP contribution in [-0.2, 0) is 22.4 Å². The lowest BCUT2D eigenvalue weighted by molar-refractivity contribution is -0.117. The number of methoxy groups -OCH3 is 1. The van der Waals surface area contributed by atoms with Crippen LogP contribution in [0.4, 0.5) is 0 Å². The number of halogens is 1. The molecular formula is C22H27ClN2O4. The summed E-state index contributed by atoms with van der Waals surface area (Å²) in [5.41, 5.74) is 1.53. The van der Waals surface area contributed by atoms with Gasteiger partial charge in [0.1, 0.15) is 17.2 Å². The molecule has 0 bridgehead atoms. The number of pyridine rings is 1. The van der Waals surface area contributed by atoms with Crippen LogP contribution in [0.15, 0.2) is 30.5 Å². The van der Waals surface area contributed by atoms with Crippen LogP contribution in [0.25, 0.3) is 0 Å². The Morgan fingerprint density at radius 2 is 1.93 bits per heavy atom. The molecule has 2 rings (SSSR count). The Bertz CT molecular complexity index is 906. The molecule has 156 valence electrons. The van der Waals surface area contributed by atoms with Gasteiger partial charge in [0.25, 0.3) is 5.91 Å². The second-order valence-corrected chi connectivity index (χ2v) is 8.46. The number of hydrogen-bond donors (Lipinski definition) is 2. The lowest BCUT2D eigenvalue weighted by Crippen LogP contribution is -2.40. The van der Waals surface area contributed by atoms with E-state index in [1.165, 1.54) is 13.3 Å². The summed E-state index contributed by atoms with van der Waals surface area (Å²) in [4.78, 5) is 29.0. The zero-order valence-electron chi connectivity index (χ0n) is 17.4. The van der Waals surface area contributed by atoms with Crippen molar-refractivity contribution < 1.29 is 19.4 Å². The smallest absolute Gasteiger partial charge is 0.270 e. The summed E-state index contributed by atoms with van der Waals surface area (Å²) in [6, 6.07) is 6.51. The second-order valence-electron chi connectivity index (χ2n) is 8.03. The molecule has 0 aliphatic carbocycles. The van der Waals surface area contributed by atoms with Gasteiger partial charge in [-0.1, -0.05) is 11.6 Å². The fourth-order valence-electron chi connectivity index (χ4n) is 2.87. The van der Waals surface area contributed by atoms with Crippen molar-refractivity contribution in [3.05, 3.63) is 57.9 Å². The van der Waals surface area contributed by atoms with Crippen molar-refractivity contribution in [3.8, 4) is 5.75 Å². The average Bonchev–Trinajstić information content (AvgIpc) is 2.62. The number of ether oxygens (including phenoxy) is 1. The van der Waals surface area contributed by atoms with Crippen LogP contribution in [0, 0.1) is 0 Å². The monoisotopic (exact) mass is 418 g/mol. The lowest BCUT2D eigenvalue weighted by Gasteiger charge is -2.20. The van der Waals surface area contributed by atoms with E-state index in [9.17, 15) is 14.7 Å². The molecule has 1 amide bonds. The Morgan fingerprint density at radius 3 is 2.55 bits per heavy atom. The zero-order valence-corrected chi connectivity index (χ0v) is 18.1. The number of hydrogen-bond acceptors (Lipinski definition) is 5. The number of phenols is 1. The molecule has 1 aromatic heterocycles. The molecule has 2 aromatic rings. The standard InChI is InChI=1S/C22H27ClN2O4/c1-13(29-5)18-12-16(23)10-15(20(18)27)11-17(26)8-14-6-7-24-19(9-14)21(28)25-22(2,3)4/h6-7,9-10,12-13,27H,8,11H2,1-5H3,(H,25,28). The van der Waals surface area contributed by atoms with Crippen molar-refractivity contribution in [1.82, 2.24) is 10.3 Å². The summed E-state index contributed by atoms with van der Waals surface area (Å²) >= 11 is 6.14. The Balaban J connectivity index is 2.15. The Labute approximate surface area is 176 Å². The summed E-state index contributed by atoms with van der Waals surface area (Å²) in [5, 5.41) is 13.8. The minimum absolute atomic E-state index is 0.0112. The van der Waals surface area contributed by atoms with Gasteiger partial charge in [0.05, 0.1) is 6.10 Å². The highest BCUT2D eigenvalue weighted by molar-refractivity contribution is 6.30. The molecule has 0 radical (unpaired) electrons. The van der Waals surface area contributed by atoms with E-state index in [2.05, 4.69) is 10.3 Å². The Hall–Kier alpha value is -2.44. The predicted octanol–water partition coefficient (Wildman–Crippen LogP) is 4.03. The van der Waals surface area contributed by atoms with E-state index >= 15 is 0 Å². The molecule has 1 unspecified atom stereocenters. The van der Waals surface area contributed by atoms with Gasteiger partial charge in [-0.05, 0) is 57.5 Å². The number of aromatic nitrogens is 1. The minimum Gasteiger partial charge on any atom is -0.507 e. The van der Waals surface area contributed by atoms with Crippen molar-refractivity contribution in [2.45, 2.75) is 52.2 Å². The van der Waals surface area contributed by atoms with Crippen LogP contribution >= 0.6 is 11.6 Å². The molecule has 0 fully saturated rings.